The van der Waals surface area contributed by atoms with Gasteiger partial charge in [-0.25, -0.2) is 0 Å². The smallest absolute Gasteiger partial charge is 0.270 e. The summed E-state index contributed by atoms with van der Waals surface area (Å²) in [5.74, 6) is 1.41. The number of para-hydroxylation sites is 1. The molecule has 4 rings (SSSR count). The molecule has 33 heavy (non-hydrogen) atoms. The summed E-state index contributed by atoms with van der Waals surface area (Å²) in [6.07, 6.45) is 1.85. The number of thioether (sulfide) groups is 1. The Morgan fingerprint density at radius 2 is 1.58 bits per heavy atom. The highest BCUT2D eigenvalue weighted by atomic mass is 32.2. The molecule has 0 spiro atoms. The van der Waals surface area contributed by atoms with Crippen LogP contribution in [0.3, 0.4) is 0 Å². The molecule has 0 bridgehead atoms. The van der Waals surface area contributed by atoms with Crippen LogP contribution in [0.15, 0.2) is 83.8 Å². The number of hydrogen-bond acceptors (Lipinski definition) is 6. The van der Waals surface area contributed by atoms with E-state index in [1.165, 1.54) is 11.8 Å². The Hall–Kier alpha value is -3.29. The van der Waals surface area contributed by atoms with Crippen molar-refractivity contribution in [3.63, 3.8) is 0 Å². The molecular formula is C26H24N2O3S2. The molecule has 0 aliphatic carbocycles. The maximum absolute atomic E-state index is 13.1. The van der Waals surface area contributed by atoms with Crippen molar-refractivity contribution in [1.82, 2.24) is 0 Å². The quantitative estimate of drug-likeness (QED) is 0.239. The summed E-state index contributed by atoms with van der Waals surface area (Å²) in [5, 5.41) is 0. The van der Waals surface area contributed by atoms with Crippen LogP contribution in [-0.4, -0.2) is 37.5 Å². The second kappa shape index (κ2) is 10.6. The Balaban J connectivity index is 1.40. The van der Waals surface area contributed by atoms with Crippen LogP contribution in [0, 0.1) is 0 Å². The molecule has 5 nitrogen and oxygen atoms in total. The number of anilines is 2. The number of hydrogen-bond donors (Lipinski definition) is 0. The van der Waals surface area contributed by atoms with E-state index in [2.05, 4.69) is 0 Å². The van der Waals surface area contributed by atoms with Crippen LogP contribution < -0.4 is 19.3 Å². The fourth-order valence-corrected chi connectivity index (χ4v) is 4.57. The van der Waals surface area contributed by atoms with Crippen LogP contribution in [0.5, 0.6) is 11.5 Å². The summed E-state index contributed by atoms with van der Waals surface area (Å²) in [6.45, 7) is 0.864. The minimum Gasteiger partial charge on any atom is -0.490 e. The van der Waals surface area contributed by atoms with E-state index < -0.39 is 0 Å². The topological polar surface area (TPSA) is 42.0 Å². The maximum Gasteiger partial charge on any atom is 0.270 e. The summed E-state index contributed by atoms with van der Waals surface area (Å²) in [4.78, 5) is 17.2. The third kappa shape index (κ3) is 5.74. The van der Waals surface area contributed by atoms with Gasteiger partial charge in [0.05, 0.1) is 10.6 Å². The highest BCUT2D eigenvalue weighted by Crippen LogP contribution is 2.36. The molecule has 1 amide bonds. The Kier molecular flexibility index (Phi) is 7.32. The number of nitrogens with zero attached hydrogens (tertiary/aromatic N) is 2. The van der Waals surface area contributed by atoms with Crippen LogP contribution in [0.1, 0.15) is 5.56 Å². The van der Waals surface area contributed by atoms with Crippen LogP contribution in [0.25, 0.3) is 6.08 Å². The molecular weight excluding hydrogens is 452 g/mol. The van der Waals surface area contributed by atoms with Crippen molar-refractivity contribution in [2.24, 2.45) is 0 Å². The van der Waals surface area contributed by atoms with Gasteiger partial charge in [-0.05, 0) is 60.2 Å². The first-order valence-electron chi connectivity index (χ1n) is 10.5. The van der Waals surface area contributed by atoms with E-state index in [1.807, 2.05) is 104 Å². The van der Waals surface area contributed by atoms with Crippen molar-refractivity contribution >= 4 is 51.7 Å². The maximum atomic E-state index is 13.1. The first kappa shape index (κ1) is 22.9. The Labute approximate surface area is 203 Å². The molecule has 1 aliphatic rings. The van der Waals surface area contributed by atoms with E-state index in [-0.39, 0.29) is 5.91 Å². The van der Waals surface area contributed by atoms with Crippen molar-refractivity contribution in [3.05, 3.63) is 89.3 Å². The first-order valence-corrected chi connectivity index (χ1v) is 11.7. The van der Waals surface area contributed by atoms with Gasteiger partial charge in [0.15, 0.2) is 4.32 Å². The van der Waals surface area contributed by atoms with E-state index in [0.29, 0.717) is 22.4 Å². The third-order valence-electron chi connectivity index (χ3n) is 4.94. The van der Waals surface area contributed by atoms with Crippen molar-refractivity contribution < 1.29 is 14.3 Å². The fourth-order valence-electron chi connectivity index (χ4n) is 3.27. The molecule has 0 saturated carbocycles. The van der Waals surface area contributed by atoms with E-state index in [0.717, 1.165) is 28.4 Å². The number of carbonyl (C=O) groups excluding carboxylic acids is 1. The van der Waals surface area contributed by atoms with Gasteiger partial charge < -0.3 is 14.4 Å². The highest BCUT2D eigenvalue weighted by molar-refractivity contribution is 8.27. The minimum atomic E-state index is -0.120. The number of amides is 1. The number of ether oxygens (including phenoxy) is 2. The van der Waals surface area contributed by atoms with Gasteiger partial charge in [0.2, 0.25) is 0 Å². The molecule has 168 valence electrons. The van der Waals surface area contributed by atoms with Gasteiger partial charge >= 0.3 is 0 Å². The van der Waals surface area contributed by atoms with E-state index in [4.69, 9.17) is 21.7 Å². The molecule has 0 aromatic heterocycles. The van der Waals surface area contributed by atoms with Crippen LogP contribution >= 0.6 is 24.0 Å². The average molecular weight is 477 g/mol. The van der Waals surface area contributed by atoms with E-state index in [9.17, 15) is 4.79 Å². The molecule has 0 N–H and O–H groups in total. The molecule has 3 aromatic rings. The molecule has 3 aromatic carbocycles. The average Bonchev–Trinajstić information content (AvgIpc) is 3.10. The summed E-state index contributed by atoms with van der Waals surface area (Å²) < 4.78 is 12.0. The Bertz CT molecular complexity index is 1160. The lowest BCUT2D eigenvalue weighted by molar-refractivity contribution is -0.113. The minimum absolute atomic E-state index is 0.120. The number of carbonyl (C=O) groups is 1. The molecule has 1 heterocycles. The third-order valence-corrected chi connectivity index (χ3v) is 6.24. The standard InChI is InChI=1S/C26H24N2O3S2/c1-27(2)20-11-13-21(14-12-20)28-25(29)24(33-26(28)32)18-19-7-6-10-23(17-19)31-16-15-30-22-8-4-3-5-9-22/h3-14,17-18H,15-16H2,1-2H3. The summed E-state index contributed by atoms with van der Waals surface area (Å²) >= 11 is 6.80. The summed E-state index contributed by atoms with van der Waals surface area (Å²) in [6, 6.07) is 25.0. The molecule has 0 atom stereocenters. The lowest BCUT2D eigenvalue weighted by Crippen LogP contribution is -2.27. The van der Waals surface area contributed by atoms with E-state index >= 15 is 0 Å². The van der Waals surface area contributed by atoms with Crippen molar-refractivity contribution in [2.45, 2.75) is 0 Å². The predicted molar refractivity (Wildman–Crippen MR) is 140 cm³/mol. The van der Waals surface area contributed by atoms with Crippen LogP contribution in [0.2, 0.25) is 0 Å². The number of benzene rings is 3. The molecule has 0 unspecified atom stereocenters. The zero-order valence-corrected chi connectivity index (χ0v) is 20.1. The fraction of sp³-hybridized carbons (Fsp3) is 0.154. The van der Waals surface area contributed by atoms with Crippen molar-refractivity contribution in [1.29, 1.82) is 0 Å². The van der Waals surface area contributed by atoms with Gasteiger partial charge in [0.1, 0.15) is 24.7 Å². The van der Waals surface area contributed by atoms with Gasteiger partial charge in [-0.3, -0.25) is 9.69 Å². The molecule has 0 radical (unpaired) electrons. The normalized spacial score (nSPS) is 14.6. The van der Waals surface area contributed by atoms with Crippen molar-refractivity contribution in [3.8, 4) is 11.5 Å². The Morgan fingerprint density at radius 1 is 0.909 bits per heavy atom. The molecule has 1 saturated heterocycles. The van der Waals surface area contributed by atoms with Gasteiger partial charge in [0, 0.05) is 19.8 Å². The van der Waals surface area contributed by atoms with Gasteiger partial charge in [0.25, 0.3) is 5.91 Å². The highest BCUT2D eigenvalue weighted by Gasteiger charge is 2.33. The SMILES string of the molecule is CN(C)c1ccc(N2C(=O)C(=Cc3cccc(OCCOc4ccccc4)c3)SC2=S)cc1. The van der Waals surface area contributed by atoms with Gasteiger partial charge in [-0.15, -0.1) is 0 Å². The number of thiocarbonyl (C=S) groups is 1. The van der Waals surface area contributed by atoms with Gasteiger partial charge in [-0.2, -0.15) is 0 Å². The zero-order valence-electron chi connectivity index (χ0n) is 18.4. The predicted octanol–water partition coefficient (Wildman–Crippen LogP) is 5.62. The first-order chi connectivity index (χ1) is 16.0. The van der Waals surface area contributed by atoms with Crippen molar-refractivity contribution in [2.75, 3.05) is 37.1 Å². The lowest BCUT2D eigenvalue weighted by Gasteiger charge is -2.17. The van der Waals surface area contributed by atoms with Gasteiger partial charge in [-0.1, -0.05) is 54.3 Å². The summed E-state index contributed by atoms with van der Waals surface area (Å²) in [7, 11) is 3.96. The van der Waals surface area contributed by atoms with E-state index in [1.54, 1.807) is 4.90 Å². The molecule has 1 fully saturated rings. The molecule has 7 heteroatoms. The van der Waals surface area contributed by atoms with Crippen LogP contribution in [-0.2, 0) is 4.79 Å². The second-order valence-corrected chi connectivity index (χ2v) is 9.19. The largest absolute Gasteiger partial charge is 0.490 e. The number of rotatable bonds is 8. The Morgan fingerprint density at radius 3 is 2.27 bits per heavy atom. The van der Waals surface area contributed by atoms with Crippen LogP contribution in [0.4, 0.5) is 11.4 Å². The zero-order chi connectivity index (χ0) is 23.2. The summed E-state index contributed by atoms with van der Waals surface area (Å²) in [5.41, 5.74) is 2.70. The molecule has 1 aliphatic heterocycles. The monoisotopic (exact) mass is 476 g/mol. The lowest BCUT2D eigenvalue weighted by atomic mass is 10.2. The second-order valence-electron chi connectivity index (χ2n) is 7.51.